The fraction of sp³-hybridized carbons (Fsp3) is 0.176. The quantitative estimate of drug-likeness (QED) is 0.679. The summed E-state index contributed by atoms with van der Waals surface area (Å²) < 4.78 is 10.2. The van der Waals surface area contributed by atoms with E-state index in [1.807, 2.05) is 0 Å². The van der Waals surface area contributed by atoms with Gasteiger partial charge < -0.3 is 14.6 Å². The zero-order chi connectivity index (χ0) is 16.1. The van der Waals surface area contributed by atoms with Crippen molar-refractivity contribution in [2.75, 3.05) is 7.11 Å². The molecule has 114 valence electrons. The van der Waals surface area contributed by atoms with Crippen LogP contribution in [0.1, 0.15) is 27.6 Å². The molecule has 0 aromatic heterocycles. The first-order valence-corrected chi connectivity index (χ1v) is 6.69. The second kappa shape index (κ2) is 6.76. The molecule has 0 aliphatic carbocycles. The topological polar surface area (TPSA) is 72.8 Å². The fourth-order valence-corrected chi connectivity index (χ4v) is 1.87. The number of rotatable bonds is 5. The van der Waals surface area contributed by atoms with Gasteiger partial charge in [-0.05, 0) is 55.5 Å². The Balaban J connectivity index is 2.03. The van der Waals surface area contributed by atoms with Crippen LogP contribution in [0, 0.1) is 0 Å². The van der Waals surface area contributed by atoms with E-state index in [0.717, 1.165) is 0 Å². The lowest BCUT2D eigenvalue weighted by Gasteiger charge is -2.12. The highest BCUT2D eigenvalue weighted by Gasteiger charge is 2.20. The maximum Gasteiger partial charge on any atom is 0.338 e. The van der Waals surface area contributed by atoms with Crippen molar-refractivity contribution in [2.24, 2.45) is 0 Å². The zero-order valence-electron chi connectivity index (χ0n) is 12.3. The molecule has 0 bridgehead atoms. The number of ketones is 1. The van der Waals surface area contributed by atoms with Crippen molar-refractivity contribution < 1.29 is 24.2 Å². The highest BCUT2D eigenvalue weighted by molar-refractivity contribution is 6.01. The number of Topliss-reactive ketones (excluding diaryl/α,β-unsaturated/α-hetero) is 1. The van der Waals surface area contributed by atoms with Gasteiger partial charge in [-0.2, -0.15) is 0 Å². The van der Waals surface area contributed by atoms with Crippen molar-refractivity contribution in [3.8, 4) is 11.5 Å². The van der Waals surface area contributed by atoms with Gasteiger partial charge in [-0.25, -0.2) is 4.79 Å². The first-order chi connectivity index (χ1) is 10.5. The molecule has 0 fully saturated rings. The summed E-state index contributed by atoms with van der Waals surface area (Å²) in [6.07, 6.45) is -0.908. The second-order valence-corrected chi connectivity index (χ2v) is 4.69. The molecule has 2 rings (SSSR count). The molecule has 0 heterocycles. The minimum Gasteiger partial charge on any atom is -0.508 e. The van der Waals surface area contributed by atoms with Crippen molar-refractivity contribution >= 4 is 11.8 Å². The maximum atomic E-state index is 12.2. The number of ether oxygens (including phenoxy) is 2. The molecule has 0 saturated heterocycles. The van der Waals surface area contributed by atoms with Gasteiger partial charge in [0.1, 0.15) is 11.5 Å². The number of benzene rings is 2. The number of aromatic hydroxyl groups is 1. The van der Waals surface area contributed by atoms with Gasteiger partial charge in [0, 0.05) is 5.56 Å². The van der Waals surface area contributed by atoms with Gasteiger partial charge in [-0.15, -0.1) is 0 Å². The summed E-state index contributed by atoms with van der Waals surface area (Å²) >= 11 is 0. The predicted molar refractivity (Wildman–Crippen MR) is 80.3 cm³/mol. The average Bonchev–Trinajstić information content (AvgIpc) is 2.54. The van der Waals surface area contributed by atoms with Crippen molar-refractivity contribution in [3.63, 3.8) is 0 Å². The molecular weight excluding hydrogens is 284 g/mol. The van der Waals surface area contributed by atoms with Crippen LogP contribution in [0.5, 0.6) is 11.5 Å². The van der Waals surface area contributed by atoms with Crippen LogP contribution in [0.3, 0.4) is 0 Å². The fourth-order valence-electron chi connectivity index (χ4n) is 1.87. The third-order valence-corrected chi connectivity index (χ3v) is 3.13. The van der Waals surface area contributed by atoms with E-state index in [-0.39, 0.29) is 17.1 Å². The van der Waals surface area contributed by atoms with Gasteiger partial charge in [0.05, 0.1) is 12.7 Å². The van der Waals surface area contributed by atoms with Crippen LogP contribution in [0.2, 0.25) is 0 Å². The van der Waals surface area contributed by atoms with Crippen LogP contribution in [-0.2, 0) is 4.74 Å². The molecule has 2 aromatic carbocycles. The third-order valence-electron chi connectivity index (χ3n) is 3.13. The van der Waals surface area contributed by atoms with Crippen LogP contribution >= 0.6 is 0 Å². The number of phenols is 1. The van der Waals surface area contributed by atoms with Gasteiger partial charge in [-0.1, -0.05) is 0 Å². The molecule has 0 spiro atoms. The maximum absolute atomic E-state index is 12.2. The summed E-state index contributed by atoms with van der Waals surface area (Å²) in [5.74, 6) is -0.214. The molecule has 1 N–H and O–H groups in total. The van der Waals surface area contributed by atoms with E-state index < -0.39 is 12.1 Å². The molecule has 0 unspecified atom stereocenters. The Morgan fingerprint density at radius 2 is 1.50 bits per heavy atom. The number of phenolic OH excluding ortho intramolecular Hbond substituents is 1. The Morgan fingerprint density at radius 1 is 0.955 bits per heavy atom. The monoisotopic (exact) mass is 300 g/mol. The summed E-state index contributed by atoms with van der Waals surface area (Å²) in [6.45, 7) is 1.52. The Morgan fingerprint density at radius 3 is 2.05 bits per heavy atom. The Labute approximate surface area is 128 Å². The highest BCUT2D eigenvalue weighted by Crippen LogP contribution is 2.15. The van der Waals surface area contributed by atoms with Crippen molar-refractivity contribution in [1.29, 1.82) is 0 Å². The molecule has 0 aliphatic rings. The van der Waals surface area contributed by atoms with E-state index in [9.17, 15) is 14.7 Å². The predicted octanol–water partition coefficient (Wildman–Crippen LogP) is 2.83. The van der Waals surface area contributed by atoms with Gasteiger partial charge in [0.15, 0.2) is 6.10 Å². The summed E-state index contributed by atoms with van der Waals surface area (Å²) in [4.78, 5) is 24.1. The van der Waals surface area contributed by atoms with E-state index in [1.54, 1.807) is 31.4 Å². The molecule has 5 heteroatoms. The van der Waals surface area contributed by atoms with Crippen LogP contribution in [0.15, 0.2) is 48.5 Å². The number of carbonyl (C=O) groups is 2. The van der Waals surface area contributed by atoms with Crippen LogP contribution in [-0.4, -0.2) is 30.1 Å². The summed E-state index contributed by atoms with van der Waals surface area (Å²) in [7, 11) is 1.54. The van der Waals surface area contributed by atoms with Crippen molar-refractivity contribution in [1.82, 2.24) is 0 Å². The number of hydrogen-bond acceptors (Lipinski definition) is 5. The second-order valence-electron chi connectivity index (χ2n) is 4.69. The standard InChI is InChI=1S/C17H16O5/c1-11(16(19)12-5-9-15(21-2)10-6-12)22-17(20)13-3-7-14(18)8-4-13/h3-11,18H,1-2H3/t11-/m0/s1. The van der Waals surface area contributed by atoms with Gasteiger partial charge in [0.25, 0.3) is 0 Å². The number of methoxy groups -OCH3 is 1. The van der Waals surface area contributed by atoms with E-state index in [1.165, 1.54) is 31.2 Å². The minimum atomic E-state index is -0.908. The van der Waals surface area contributed by atoms with Gasteiger partial charge >= 0.3 is 5.97 Å². The lowest BCUT2D eigenvalue weighted by Crippen LogP contribution is -2.24. The van der Waals surface area contributed by atoms with E-state index in [4.69, 9.17) is 9.47 Å². The molecule has 1 atom stereocenters. The van der Waals surface area contributed by atoms with E-state index >= 15 is 0 Å². The molecule has 5 nitrogen and oxygen atoms in total. The summed E-state index contributed by atoms with van der Waals surface area (Å²) in [5.41, 5.74) is 0.707. The number of hydrogen-bond donors (Lipinski definition) is 1. The largest absolute Gasteiger partial charge is 0.508 e. The van der Waals surface area contributed by atoms with Crippen LogP contribution in [0.4, 0.5) is 0 Å². The molecule has 0 radical (unpaired) electrons. The number of carbonyl (C=O) groups excluding carboxylic acids is 2. The third kappa shape index (κ3) is 3.63. The molecule has 2 aromatic rings. The SMILES string of the molecule is COc1ccc(C(=O)[C@H](C)OC(=O)c2ccc(O)cc2)cc1. The Bertz CT molecular complexity index is 658. The molecule has 22 heavy (non-hydrogen) atoms. The Hall–Kier alpha value is -2.82. The first-order valence-electron chi connectivity index (χ1n) is 6.69. The van der Waals surface area contributed by atoms with Crippen LogP contribution in [0.25, 0.3) is 0 Å². The lowest BCUT2D eigenvalue weighted by molar-refractivity contribution is 0.0319. The minimum absolute atomic E-state index is 0.0545. The first kappa shape index (κ1) is 15.6. The Kier molecular flexibility index (Phi) is 4.78. The normalized spacial score (nSPS) is 11.5. The van der Waals surface area contributed by atoms with E-state index in [2.05, 4.69) is 0 Å². The molecular formula is C17H16O5. The number of esters is 1. The molecule has 0 aliphatic heterocycles. The van der Waals surface area contributed by atoms with Gasteiger partial charge in [0.2, 0.25) is 5.78 Å². The van der Waals surface area contributed by atoms with E-state index in [0.29, 0.717) is 11.3 Å². The smallest absolute Gasteiger partial charge is 0.338 e. The summed E-state index contributed by atoms with van der Waals surface area (Å²) in [5, 5.41) is 9.18. The highest BCUT2D eigenvalue weighted by atomic mass is 16.5. The zero-order valence-corrected chi connectivity index (χ0v) is 12.3. The van der Waals surface area contributed by atoms with Gasteiger partial charge in [-0.3, -0.25) is 4.79 Å². The molecule has 0 amide bonds. The van der Waals surface area contributed by atoms with Crippen molar-refractivity contribution in [2.45, 2.75) is 13.0 Å². The summed E-state index contributed by atoms with van der Waals surface area (Å²) in [6, 6.07) is 12.2. The van der Waals surface area contributed by atoms with Crippen molar-refractivity contribution in [3.05, 3.63) is 59.7 Å². The lowest BCUT2D eigenvalue weighted by atomic mass is 10.1. The van der Waals surface area contributed by atoms with Crippen LogP contribution < -0.4 is 4.74 Å². The average molecular weight is 300 g/mol. The molecule has 0 saturated carbocycles.